The summed E-state index contributed by atoms with van der Waals surface area (Å²) in [6, 6.07) is 8.61. The van der Waals surface area contributed by atoms with Gasteiger partial charge in [-0.3, -0.25) is 0 Å². The Morgan fingerprint density at radius 1 is 1.00 bits per heavy atom. The molecule has 0 spiro atoms. The van der Waals surface area contributed by atoms with Crippen LogP contribution in [0.3, 0.4) is 0 Å². The molecular weight excluding hydrogens is 236 g/mol. The molecule has 106 valence electrons. The summed E-state index contributed by atoms with van der Waals surface area (Å²) in [5, 5.41) is 15.9. The molecule has 0 aromatic heterocycles. The van der Waals surface area contributed by atoms with Gasteiger partial charge < -0.3 is 10.2 Å². The molecule has 0 atom stereocenters. The molecule has 0 saturated heterocycles. The van der Waals surface area contributed by atoms with Gasteiger partial charge in [-0.1, -0.05) is 61.4 Å². The summed E-state index contributed by atoms with van der Waals surface area (Å²) in [7, 11) is 1.00. The van der Waals surface area contributed by atoms with Crippen LogP contribution in [0.5, 0.6) is 0 Å². The van der Waals surface area contributed by atoms with Gasteiger partial charge >= 0.3 is 0 Å². The van der Waals surface area contributed by atoms with Crippen molar-refractivity contribution >= 4 is 5.57 Å². The first-order chi connectivity index (χ1) is 9.29. The maximum atomic E-state index is 8.86. The van der Waals surface area contributed by atoms with Crippen molar-refractivity contribution in [2.45, 2.75) is 33.6 Å². The summed E-state index contributed by atoms with van der Waals surface area (Å²) in [6.45, 7) is 6.35. The van der Waals surface area contributed by atoms with E-state index in [0.717, 1.165) is 20.0 Å². The second-order valence-corrected chi connectivity index (χ2v) is 4.03. The Hall–Kier alpha value is -1.38. The molecule has 0 bridgehead atoms. The van der Waals surface area contributed by atoms with Gasteiger partial charge in [-0.25, -0.2) is 0 Å². The fourth-order valence-corrected chi connectivity index (χ4v) is 1.86. The summed E-state index contributed by atoms with van der Waals surface area (Å²) in [5.74, 6) is 0. The Bertz CT molecular complexity index is 400. The van der Waals surface area contributed by atoms with E-state index in [9.17, 15) is 0 Å². The summed E-state index contributed by atoms with van der Waals surface area (Å²) in [5.41, 5.74) is 5.28. The molecule has 1 aliphatic carbocycles. The minimum Gasteiger partial charge on any atom is -0.400 e. The van der Waals surface area contributed by atoms with Gasteiger partial charge in [-0.2, -0.15) is 0 Å². The molecule has 2 rings (SSSR count). The number of hydrogen-bond donors (Lipinski definition) is 2. The van der Waals surface area contributed by atoms with Crippen LogP contribution < -0.4 is 0 Å². The van der Waals surface area contributed by atoms with E-state index in [1.165, 1.54) is 22.3 Å². The van der Waals surface area contributed by atoms with Gasteiger partial charge in [0.25, 0.3) is 0 Å². The van der Waals surface area contributed by atoms with Crippen molar-refractivity contribution in [3.05, 3.63) is 53.1 Å². The fraction of sp³-hybridized carbons (Fsp3) is 0.412. The monoisotopic (exact) mass is 262 g/mol. The third-order valence-corrected chi connectivity index (χ3v) is 2.79. The van der Waals surface area contributed by atoms with Gasteiger partial charge in [0.05, 0.1) is 0 Å². The average Bonchev–Trinajstić information content (AvgIpc) is 2.93. The summed E-state index contributed by atoms with van der Waals surface area (Å²) >= 11 is 0. The van der Waals surface area contributed by atoms with Gasteiger partial charge in [-0.05, 0) is 30.9 Å². The lowest BCUT2D eigenvalue weighted by Crippen LogP contribution is -1.88. The van der Waals surface area contributed by atoms with Gasteiger partial charge in [0.15, 0.2) is 0 Å². The molecule has 2 N–H and O–H groups in total. The predicted octanol–water partition coefficient (Wildman–Crippen LogP) is 3.73. The van der Waals surface area contributed by atoms with E-state index in [0.29, 0.717) is 0 Å². The molecule has 0 unspecified atom stereocenters. The van der Waals surface area contributed by atoms with Crippen LogP contribution in [0.2, 0.25) is 0 Å². The Kier molecular flexibility index (Phi) is 9.77. The molecular formula is C17H26O2. The second-order valence-electron chi connectivity index (χ2n) is 4.03. The topological polar surface area (TPSA) is 40.5 Å². The molecule has 0 aliphatic heterocycles. The van der Waals surface area contributed by atoms with Crippen molar-refractivity contribution < 1.29 is 10.2 Å². The Morgan fingerprint density at radius 2 is 1.58 bits per heavy atom. The lowest BCUT2D eigenvalue weighted by atomic mass is 10.0. The van der Waals surface area contributed by atoms with E-state index in [1.807, 2.05) is 13.8 Å². The Morgan fingerprint density at radius 3 is 2.11 bits per heavy atom. The van der Waals surface area contributed by atoms with Gasteiger partial charge in [0.1, 0.15) is 0 Å². The highest BCUT2D eigenvalue weighted by atomic mass is 16.3. The van der Waals surface area contributed by atoms with Gasteiger partial charge in [0, 0.05) is 13.7 Å². The standard InChI is InChI=1S/C14H16O.C2H6.CH4O/c1-11-2-5-13(6-3-11)14-7-4-12(10-14)8-9-15;2*1-2/h2-7,15H,8-10H2,1H3;1-2H3;2H,1H3. The quantitative estimate of drug-likeness (QED) is 0.871. The van der Waals surface area contributed by atoms with Crippen LogP contribution in [0, 0.1) is 6.92 Å². The van der Waals surface area contributed by atoms with Crippen molar-refractivity contribution in [3.63, 3.8) is 0 Å². The van der Waals surface area contributed by atoms with Crippen LogP contribution in [0.15, 0.2) is 42.0 Å². The van der Waals surface area contributed by atoms with Crippen molar-refractivity contribution in [2.24, 2.45) is 0 Å². The molecule has 0 amide bonds. The van der Waals surface area contributed by atoms with E-state index >= 15 is 0 Å². The van der Waals surface area contributed by atoms with Gasteiger partial charge in [0.2, 0.25) is 0 Å². The van der Waals surface area contributed by atoms with E-state index in [1.54, 1.807) is 0 Å². The highest BCUT2D eigenvalue weighted by molar-refractivity contribution is 5.72. The molecule has 1 aromatic carbocycles. The molecule has 19 heavy (non-hydrogen) atoms. The molecule has 0 fully saturated rings. The van der Waals surface area contributed by atoms with Crippen molar-refractivity contribution in [3.8, 4) is 0 Å². The van der Waals surface area contributed by atoms with Crippen LogP contribution in [0.25, 0.3) is 5.57 Å². The molecule has 0 radical (unpaired) electrons. The normalized spacial score (nSPS) is 12.5. The maximum absolute atomic E-state index is 8.86. The summed E-state index contributed by atoms with van der Waals surface area (Å²) in [4.78, 5) is 0. The maximum Gasteiger partial charge on any atom is 0.0468 e. The first-order valence-corrected chi connectivity index (χ1v) is 6.81. The summed E-state index contributed by atoms with van der Waals surface area (Å²) in [6.07, 6.45) is 6.08. The van der Waals surface area contributed by atoms with E-state index in [-0.39, 0.29) is 6.61 Å². The van der Waals surface area contributed by atoms with Crippen molar-refractivity contribution in [1.29, 1.82) is 0 Å². The Labute approximate surface area is 117 Å². The zero-order chi connectivity index (χ0) is 14.7. The van der Waals surface area contributed by atoms with Crippen LogP contribution in [0.4, 0.5) is 0 Å². The molecule has 2 nitrogen and oxygen atoms in total. The number of rotatable bonds is 3. The van der Waals surface area contributed by atoms with Crippen LogP contribution >= 0.6 is 0 Å². The number of aliphatic hydroxyl groups excluding tert-OH is 2. The second kappa shape index (κ2) is 10.5. The van der Waals surface area contributed by atoms with Crippen LogP contribution in [-0.2, 0) is 0 Å². The van der Waals surface area contributed by atoms with Crippen LogP contribution in [0.1, 0.15) is 37.8 Å². The lowest BCUT2D eigenvalue weighted by molar-refractivity contribution is 0.299. The van der Waals surface area contributed by atoms with Crippen LogP contribution in [-0.4, -0.2) is 23.9 Å². The fourth-order valence-electron chi connectivity index (χ4n) is 1.86. The lowest BCUT2D eigenvalue weighted by Gasteiger charge is -2.05. The smallest absolute Gasteiger partial charge is 0.0468 e. The predicted molar refractivity (Wildman–Crippen MR) is 83.0 cm³/mol. The van der Waals surface area contributed by atoms with E-state index in [4.69, 9.17) is 10.2 Å². The number of allylic oxidation sites excluding steroid dienone is 3. The highest BCUT2D eigenvalue weighted by Crippen LogP contribution is 2.29. The third kappa shape index (κ3) is 5.86. The van der Waals surface area contributed by atoms with E-state index < -0.39 is 0 Å². The zero-order valence-electron chi connectivity index (χ0n) is 12.5. The number of aryl methyl sites for hydroxylation is 1. The first kappa shape index (κ1) is 17.6. The highest BCUT2D eigenvalue weighted by Gasteiger charge is 2.09. The average molecular weight is 262 g/mol. The third-order valence-electron chi connectivity index (χ3n) is 2.79. The molecule has 2 heteroatoms. The minimum atomic E-state index is 0.251. The van der Waals surface area contributed by atoms with Crippen molar-refractivity contribution in [1.82, 2.24) is 0 Å². The van der Waals surface area contributed by atoms with Crippen molar-refractivity contribution in [2.75, 3.05) is 13.7 Å². The van der Waals surface area contributed by atoms with E-state index in [2.05, 4.69) is 43.3 Å². The van der Waals surface area contributed by atoms with Gasteiger partial charge in [-0.15, -0.1) is 0 Å². The first-order valence-electron chi connectivity index (χ1n) is 6.81. The number of aliphatic hydroxyl groups is 2. The minimum absolute atomic E-state index is 0.251. The number of benzene rings is 1. The SMILES string of the molecule is CC.CO.Cc1ccc(C2=CC=C(CCO)C2)cc1. The molecule has 0 heterocycles. The molecule has 1 aromatic rings. The number of hydrogen-bond acceptors (Lipinski definition) is 2. The largest absolute Gasteiger partial charge is 0.400 e. The molecule has 0 saturated carbocycles. The summed E-state index contributed by atoms with van der Waals surface area (Å²) < 4.78 is 0. The zero-order valence-corrected chi connectivity index (χ0v) is 12.5. The Balaban J connectivity index is 0.000000741. The molecule has 1 aliphatic rings.